The Morgan fingerprint density at radius 3 is 2.52 bits per heavy atom. The number of hydrogen-bond donors (Lipinski definition) is 2. The van der Waals surface area contributed by atoms with Crippen molar-refractivity contribution >= 4 is 11.7 Å². The van der Waals surface area contributed by atoms with E-state index >= 15 is 0 Å². The number of carbonyl (C=O) groups is 1. The lowest BCUT2D eigenvalue weighted by Gasteiger charge is -2.12. The summed E-state index contributed by atoms with van der Waals surface area (Å²) in [5.41, 5.74) is 2.34. The van der Waals surface area contributed by atoms with E-state index in [4.69, 9.17) is 4.52 Å². The minimum Gasteiger partial charge on any atom is -0.339 e. The molecular formula is C20H21FN4O2. The van der Waals surface area contributed by atoms with Crippen LogP contribution in [-0.2, 0) is 6.42 Å². The molecule has 0 aliphatic rings. The third kappa shape index (κ3) is 5.13. The van der Waals surface area contributed by atoms with Gasteiger partial charge in [-0.2, -0.15) is 4.98 Å². The number of amides is 2. The van der Waals surface area contributed by atoms with Gasteiger partial charge in [0.05, 0.1) is 6.42 Å². The van der Waals surface area contributed by atoms with Gasteiger partial charge >= 0.3 is 6.03 Å². The summed E-state index contributed by atoms with van der Waals surface area (Å²) >= 11 is 0. The van der Waals surface area contributed by atoms with Crippen molar-refractivity contribution in [3.05, 3.63) is 65.8 Å². The lowest BCUT2D eigenvalue weighted by Crippen LogP contribution is -2.35. The molecule has 0 saturated carbocycles. The lowest BCUT2D eigenvalue weighted by molar-refractivity contribution is 0.249. The van der Waals surface area contributed by atoms with Gasteiger partial charge in [0, 0.05) is 17.3 Å². The van der Waals surface area contributed by atoms with Crippen LogP contribution in [0.5, 0.6) is 0 Å². The highest BCUT2D eigenvalue weighted by Gasteiger charge is 2.10. The molecule has 0 fully saturated rings. The number of rotatable bonds is 6. The average Bonchev–Trinajstić information content (AvgIpc) is 3.12. The first-order valence-electron chi connectivity index (χ1n) is 8.78. The van der Waals surface area contributed by atoms with E-state index in [1.807, 2.05) is 26.0 Å². The van der Waals surface area contributed by atoms with Gasteiger partial charge in [-0.05, 0) is 55.3 Å². The highest BCUT2D eigenvalue weighted by atomic mass is 19.1. The maximum Gasteiger partial charge on any atom is 0.319 e. The number of nitrogens with zero attached hydrogens (tertiary/aromatic N) is 2. The van der Waals surface area contributed by atoms with Crippen molar-refractivity contribution in [2.24, 2.45) is 0 Å². The van der Waals surface area contributed by atoms with E-state index in [1.165, 1.54) is 12.1 Å². The largest absolute Gasteiger partial charge is 0.339 e. The summed E-state index contributed by atoms with van der Waals surface area (Å²) in [6, 6.07) is 13.2. The molecule has 7 heteroatoms. The fourth-order valence-corrected chi connectivity index (χ4v) is 2.42. The smallest absolute Gasteiger partial charge is 0.319 e. The van der Waals surface area contributed by atoms with E-state index in [0.717, 1.165) is 17.5 Å². The molecule has 0 bridgehead atoms. The Morgan fingerprint density at radius 2 is 1.85 bits per heavy atom. The van der Waals surface area contributed by atoms with Crippen LogP contribution in [0.1, 0.15) is 31.7 Å². The van der Waals surface area contributed by atoms with E-state index in [2.05, 4.69) is 20.8 Å². The van der Waals surface area contributed by atoms with Gasteiger partial charge in [0.15, 0.2) is 0 Å². The van der Waals surface area contributed by atoms with Gasteiger partial charge in [0.2, 0.25) is 11.7 Å². The standard InChI is InChI=1S/C20H21FN4O2/c1-3-13(2)22-20(26)23-17-10-6-15(7-11-17)19-24-18(27-25-19)12-14-4-8-16(21)9-5-14/h4-11,13H,3,12H2,1-2H3,(H2,22,23,26)/t13-/m0/s1. The molecule has 1 aromatic heterocycles. The second-order valence-corrected chi connectivity index (χ2v) is 6.30. The molecule has 1 atom stereocenters. The third-order valence-electron chi connectivity index (χ3n) is 4.13. The molecule has 3 rings (SSSR count). The maximum atomic E-state index is 13.0. The van der Waals surface area contributed by atoms with Crippen LogP contribution in [0.3, 0.4) is 0 Å². The van der Waals surface area contributed by atoms with Gasteiger partial charge in [0.25, 0.3) is 0 Å². The van der Waals surface area contributed by atoms with Crippen LogP contribution in [0.15, 0.2) is 53.1 Å². The van der Waals surface area contributed by atoms with Crippen molar-refractivity contribution in [1.29, 1.82) is 0 Å². The monoisotopic (exact) mass is 368 g/mol. The van der Waals surface area contributed by atoms with Crippen LogP contribution in [0, 0.1) is 5.82 Å². The zero-order valence-electron chi connectivity index (χ0n) is 15.2. The van der Waals surface area contributed by atoms with Crippen molar-refractivity contribution in [3.8, 4) is 11.4 Å². The first-order chi connectivity index (χ1) is 13.0. The van der Waals surface area contributed by atoms with E-state index in [9.17, 15) is 9.18 Å². The molecule has 2 amide bonds. The third-order valence-corrected chi connectivity index (χ3v) is 4.13. The number of carbonyl (C=O) groups excluding carboxylic acids is 1. The van der Waals surface area contributed by atoms with Crippen LogP contribution in [0.4, 0.5) is 14.9 Å². The number of anilines is 1. The highest BCUT2D eigenvalue weighted by Crippen LogP contribution is 2.20. The Hall–Kier alpha value is -3.22. The lowest BCUT2D eigenvalue weighted by atomic mass is 10.1. The molecule has 0 radical (unpaired) electrons. The molecule has 0 unspecified atom stereocenters. The molecule has 1 heterocycles. The molecule has 0 saturated heterocycles. The minimum absolute atomic E-state index is 0.114. The summed E-state index contributed by atoms with van der Waals surface area (Å²) in [4.78, 5) is 16.2. The van der Waals surface area contributed by atoms with Gasteiger partial charge in [-0.3, -0.25) is 0 Å². The van der Waals surface area contributed by atoms with Crippen LogP contribution < -0.4 is 10.6 Å². The predicted molar refractivity (Wildman–Crippen MR) is 101 cm³/mol. The number of benzene rings is 2. The Balaban J connectivity index is 1.63. The number of nitrogens with one attached hydrogen (secondary N) is 2. The van der Waals surface area contributed by atoms with Gasteiger partial charge < -0.3 is 15.2 Å². The fourth-order valence-electron chi connectivity index (χ4n) is 2.42. The van der Waals surface area contributed by atoms with E-state index in [1.54, 1.807) is 24.3 Å². The molecule has 27 heavy (non-hydrogen) atoms. The zero-order chi connectivity index (χ0) is 19.2. The topological polar surface area (TPSA) is 80.0 Å². The Kier molecular flexibility index (Phi) is 5.80. The Morgan fingerprint density at radius 1 is 1.15 bits per heavy atom. The quantitative estimate of drug-likeness (QED) is 0.676. The average molecular weight is 368 g/mol. The molecule has 0 spiro atoms. The Bertz CT molecular complexity index is 891. The van der Waals surface area contributed by atoms with E-state index in [-0.39, 0.29) is 17.9 Å². The van der Waals surface area contributed by atoms with Crippen molar-refractivity contribution < 1.29 is 13.7 Å². The molecule has 0 aliphatic carbocycles. The number of hydrogen-bond acceptors (Lipinski definition) is 4. The summed E-state index contributed by atoms with van der Waals surface area (Å²) in [5.74, 6) is 0.631. The molecule has 2 N–H and O–H groups in total. The molecule has 3 aromatic rings. The van der Waals surface area contributed by atoms with E-state index in [0.29, 0.717) is 23.8 Å². The van der Waals surface area contributed by atoms with Crippen molar-refractivity contribution in [2.75, 3.05) is 5.32 Å². The summed E-state index contributed by atoms with van der Waals surface area (Å²) in [6.07, 6.45) is 1.30. The van der Waals surface area contributed by atoms with Crippen LogP contribution in [0.25, 0.3) is 11.4 Å². The maximum absolute atomic E-state index is 13.0. The molecule has 140 valence electrons. The van der Waals surface area contributed by atoms with Crippen molar-refractivity contribution in [1.82, 2.24) is 15.5 Å². The second-order valence-electron chi connectivity index (χ2n) is 6.30. The number of aromatic nitrogens is 2. The van der Waals surface area contributed by atoms with Crippen LogP contribution >= 0.6 is 0 Å². The van der Waals surface area contributed by atoms with Gasteiger partial charge in [-0.1, -0.05) is 24.2 Å². The van der Waals surface area contributed by atoms with Crippen LogP contribution in [0.2, 0.25) is 0 Å². The summed E-state index contributed by atoms with van der Waals surface area (Å²) in [6.45, 7) is 3.96. The van der Waals surface area contributed by atoms with Crippen molar-refractivity contribution in [2.45, 2.75) is 32.7 Å². The van der Waals surface area contributed by atoms with E-state index < -0.39 is 0 Å². The molecular weight excluding hydrogens is 347 g/mol. The predicted octanol–water partition coefficient (Wildman–Crippen LogP) is 4.39. The summed E-state index contributed by atoms with van der Waals surface area (Å²) in [5, 5.41) is 9.61. The molecule has 6 nitrogen and oxygen atoms in total. The second kappa shape index (κ2) is 8.44. The summed E-state index contributed by atoms with van der Waals surface area (Å²) < 4.78 is 18.2. The Labute approximate surface area is 156 Å². The molecule has 2 aromatic carbocycles. The zero-order valence-corrected chi connectivity index (χ0v) is 15.2. The first kappa shape index (κ1) is 18.6. The highest BCUT2D eigenvalue weighted by molar-refractivity contribution is 5.89. The van der Waals surface area contributed by atoms with Crippen molar-refractivity contribution in [3.63, 3.8) is 0 Å². The normalized spacial score (nSPS) is 11.8. The van der Waals surface area contributed by atoms with Crippen LogP contribution in [-0.4, -0.2) is 22.2 Å². The fraction of sp³-hybridized carbons (Fsp3) is 0.250. The number of urea groups is 1. The van der Waals surface area contributed by atoms with Gasteiger partial charge in [-0.25, -0.2) is 9.18 Å². The first-order valence-corrected chi connectivity index (χ1v) is 8.78. The summed E-state index contributed by atoms with van der Waals surface area (Å²) in [7, 11) is 0. The van der Waals surface area contributed by atoms with Gasteiger partial charge in [0.1, 0.15) is 5.82 Å². The molecule has 0 aliphatic heterocycles. The van der Waals surface area contributed by atoms with Gasteiger partial charge in [-0.15, -0.1) is 0 Å². The SMILES string of the molecule is CC[C@H](C)NC(=O)Nc1ccc(-c2noc(Cc3ccc(F)cc3)n2)cc1. The minimum atomic E-state index is -0.281. The number of halogens is 1.